The van der Waals surface area contributed by atoms with E-state index in [-0.39, 0.29) is 11.9 Å². The van der Waals surface area contributed by atoms with E-state index >= 15 is 0 Å². The smallest absolute Gasteiger partial charge is 0.254 e. The van der Waals surface area contributed by atoms with Gasteiger partial charge in [0.1, 0.15) is 28.8 Å². The number of rotatable bonds is 6. The number of benzene rings is 3. The van der Waals surface area contributed by atoms with Crippen LogP contribution in [0.4, 0.5) is 0 Å². The van der Waals surface area contributed by atoms with Gasteiger partial charge in [-0.1, -0.05) is 24.3 Å². The molecule has 1 fully saturated rings. The Morgan fingerprint density at radius 3 is 2.47 bits per heavy atom. The van der Waals surface area contributed by atoms with E-state index in [1.54, 1.807) is 39.5 Å². The lowest BCUT2D eigenvalue weighted by molar-refractivity contribution is 0.0716. The molecular formula is C27H26N2O5. The van der Waals surface area contributed by atoms with Gasteiger partial charge in [-0.2, -0.15) is 0 Å². The average Bonchev–Trinajstić information content (AvgIpc) is 3.54. The van der Waals surface area contributed by atoms with Gasteiger partial charge in [-0.25, -0.2) is 4.98 Å². The highest BCUT2D eigenvalue weighted by Crippen LogP contribution is 2.37. The minimum atomic E-state index is -0.230. The first-order valence-corrected chi connectivity index (χ1v) is 11.2. The summed E-state index contributed by atoms with van der Waals surface area (Å²) < 4.78 is 22.3. The lowest BCUT2D eigenvalue weighted by Gasteiger charge is -2.22. The fourth-order valence-electron chi connectivity index (χ4n) is 4.50. The molecule has 1 saturated heterocycles. The molecule has 7 heteroatoms. The van der Waals surface area contributed by atoms with E-state index in [9.17, 15) is 4.79 Å². The van der Waals surface area contributed by atoms with Crippen LogP contribution < -0.4 is 14.2 Å². The van der Waals surface area contributed by atoms with Gasteiger partial charge >= 0.3 is 0 Å². The number of hydrogen-bond acceptors (Lipinski definition) is 6. The number of ether oxygens (including phenoxy) is 3. The standard InChI is InChI=1S/C27H26N2O5/c1-31-19-13-18(14-20(16-19)32-2)27(30)29-12-6-8-23(29)26-28-22-15-17(10-11-25(22)34-26)21-7-4-5-9-24(21)33-3/h4-5,7,9-11,13-16,23H,6,8,12H2,1-3H3/t23-/m1/s1. The number of carbonyl (C=O) groups is 1. The molecule has 0 radical (unpaired) electrons. The maximum absolute atomic E-state index is 13.4. The number of carbonyl (C=O) groups excluding carboxylic acids is 1. The minimum absolute atomic E-state index is 0.100. The highest BCUT2D eigenvalue weighted by molar-refractivity contribution is 5.95. The quantitative estimate of drug-likeness (QED) is 0.380. The molecule has 174 valence electrons. The average molecular weight is 459 g/mol. The summed E-state index contributed by atoms with van der Waals surface area (Å²) in [6.07, 6.45) is 1.67. The van der Waals surface area contributed by atoms with Crippen molar-refractivity contribution in [1.82, 2.24) is 9.88 Å². The molecule has 0 unspecified atom stereocenters. The first-order chi connectivity index (χ1) is 16.6. The van der Waals surface area contributed by atoms with E-state index in [4.69, 9.17) is 23.6 Å². The van der Waals surface area contributed by atoms with Crippen LogP contribution in [0.25, 0.3) is 22.2 Å². The molecule has 1 aliphatic heterocycles. The van der Waals surface area contributed by atoms with Gasteiger partial charge < -0.3 is 23.5 Å². The number of fused-ring (bicyclic) bond motifs is 1. The molecule has 0 spiro atoms. The van der Waals surface area contributed by atoms with E-state index in [0.29, 0.717) is 35.1 Å². The van der Waals surface area contributed by atoms with E-state index in [1.165, 1.54) is 0 Å². The topological polar surface area (TPSA) is 74.0 Å². The third-order valence-electron chi connectivity index (χ3n) is 6.22. The van der Waals surface area contributed by atoms with Crippen molar-refractivity contribution in [3.63, 3.8) is 0 Å². The number of likely N-dealkylation sites (tertiary alicyclic amines) is 1. The van der Waals surface area contributed by atoms with Crippen LogP contribution in [0, 0.1) is 0 Å². The number of nitrogens with zero attached hydrogens (tertiary/aromatic N) is 2. The van der Waals surface area contributed by atoms with Crippen molar-refractivity contribution < 1.29 is 23.4 Å². The zero-order valence-electron chi connectivity index (χ0n) is 19.4. The predicted octanol–water partition coefficient (Wildman–Crippen LogP) is 5.50. The Bertz CT molecular complexity index is 1320. The minimum Gasteiger partial charge on any atom is -0.497 e. The van der Waals surface area contributed by atoms with Crippen LogP contribution in [0.3, 0.4) is 0 Å². The van der Waals surface area contributed by atoms with Crippen molar-refractivity contribution in [1.29, 1.82) is 0 Å². The lowest BCUT2D eigenvalue weighted by atomic mass is 10.0. The largest absolute Gasteiger partial charge is 0.497 e. The Kier molecular flexibility index (Phi) is 5.84. The highest BCUT2D eigenvalue weighted by Gasteiger charge is 2.34. The summed E-state index contributed by atoms with van der Waals surface area (Å²) in [6, 6.07) is 18.8. The second-order valence-corrected chi connectivity index (χ2v) is 8.19. The molecular weight excluding hydrogens is 432 g/mol. The second-order valence-electron chi connectivity index (χ2n) is 8.19. The fourth-order valence-corrected chi connectivity index (χ4v) is 4.50. The van der Waals surface area contributed by atoms with Crippen molar-refractivity contribution in [3.8, 4) is 28.4 Å². The third kappa shape index (κ3) is 3.94. The zero-order chi connectivity index (χ0) is 23.7. The Morgan fingerprint density at radius 2 is 1.74 bits per heavy atom. The first-order valence-electron chi connectivity index (χ1n) is 11.2. The van der Waals surface area contributed by atoms with Gasteiger partial charge in [0.15, 0.2) is 5.58 Å². The van der Waals surface area contributed by atoms with Crippen LogP contribution in [-0.2, 0) is 0 Å². The molecule has 1 atom stereocenters. The summed E-state index contributed by atoms with van der Waals surface area (Å²) in [6.45, 7) is 0.633. The van der Waals surface area contributed by atoms with E-state index in [0.717, 1.165) is 35.2 Å². The Labute approximate surface area is 197 Å². The van der Waals surface area contributed by atoms with Crippen LogP contribution >= 0.6 is 0 Å². The highest BCUT2D eigenvalue weighted by atomic mass is 16.5. The molecule has 0 aliphatic carbocycles. The second kappa shape index (κ2) is 9.09. The number of amides is 1. The summed E-state index contributed by atoms with van der Waals surface area (Å²) in [5.41, 5.74) is 3.93. The van der Waals surface area contributed by atoms with Crippen LogP contribution in [0.1, 0.15) is 35.1 Å². The molecule has 5 rings (SSSR count). The van der Waals surface area contributed by atoms with Gasteiger partial charge in [0.25, 0.3) is 5.91 Å². The number of methoxy groups -OCH3 is 3. The van der Waals surface area contributed by atoms with Crippen molar-refractivity contribution in [2.24, 2.45) is 0 Å². The van der Waals surface area contributed by atoms with Gasteiger partial charge in [0.2, 0.25) is 5.89 Å². The van der Waals surface area contributed by atoms with Crippen molar-refractivity contribution in [2.45, 2.75) is 18.9 Å². The summed E-state index contributed by atoms with van der Waals surface area (Å²) >= 11 is 0. The summed E-state index contributed by atoms with van der Waals surface area (Å²) in [7, 11) is 4.80. The Balaban J connectivity index is 1.47. The van der Waals surface area contributed by atoms with Crippen molar-refractivity contribution in [3.05, 3.63) is 72.1 Å². The number of para-hydroxylation sites is 1. The maximum Gasteiger partial charge on any atom is 0.254 e. The Hall–Kier alpha value is -4.00. The molecule has 0 saturated carbocycles. The summed E-state index contributed by atoms with van der Waals surface area (Å²) in [5, 5.41) is 0. The fraction of sp³-hybridized carbons (Fsp3) is 0.259. The van der Waals surface area contributed by atoms with E-state index in [2.05, 4.69) is 0 Å². The van der Waals surface area contributed by atoms with Crippen LogP contribution in [0.5, 0.6) is 17.2 Å². The monoisotopic (exact) mass is 458 g/mol. The molecule has 1 amide bonds. The molecule has 7 nitrogen and oxygen atoms in total. The Morgan fingerprint density at radius 1 is 0.971 bits per heavy atom. The van der Waals surface area contributed by atoms with E-state index < -0.39 is 0 Å². The van der Waals surface area contributed by atoms with Crippen molar-refractivity contribution in [2.75, 3.05) is 27.9 Å². The van der Waals surface area contributed by atoms with Gasteiger partial charge in [-0.15, -0.1) is 0 Å². The van der Waals surface area contributed by atoms with E-state index in [1.807, 2.05) is 47.4 Å². The van der Waals surface area contributed by atoms with Gasteiger partial charge in [-0.05, 0) is 48.7 Å². The molecule has 3 aromatic carbocycles. The molecule has 34 heavy (non-hydrogen) atoms. The molecule has 4 aromatic rings. The van der Waals surface area contributed by atoms with Gasteiger partial charge in [0, 0.05) is 23.7 Å². The van der Waals surface area contributed by atoms with Crippen LogP contribution in [-0.4, -0.2) is 43.7 Å². The summed E-state index contributed by atoms with van der Waals surface area (Å²) in [5.74, 6) is 2.39. The van der Waals surface area contributed by atoms with Gasteiger partial charge in [0.05, 0.1) is 21.3 Å². The molecule has 0 bridgehead atoms. The predicted molar refractivity (Wildman–Crippen MR) is 129 cm³/mol. The molecule has 1 aromatic heterocycles. The van der Waals surface area contributed by atoms with Crippen molar-refractivity contribution >= 4 is 17.0 Å². The molecule has 2 heterocycles. The van der Waals surface area contributed by atoms with Crippen LogP contribution in [0.15, 0.2) is 65.1 Å². The summed E-state index contributed by atoms with van der Waals surface area (Å²) in [4.78, 5) is 20.0. The normalized spacial score (nSPS) is 15.5. The molecule has 0 N–H and O–H groups in total. The SMILES string of the molecule is COc1cc(OC)cc(C(=O)N2CCC[C@@H]2c2nc3cc(-c4ccccc4OC)ccc3o2)c1. The number of aromatic nitrogens is 1. The first kappa shape index (κ1) is 21.8. The van der Waals surface area contributed by atoms with Gasteiger partial charge in [-0.3, -0.25) is 4.79 Å². The lowest BCUT2D eigenvalue weighted by Crippen LogP contribution is -2.30. The van der Waals surface area contributed by atoms with Crippen LogP contribution in [0.2, 0.25) is 0 Å². The number of hydrogen-bond donors (Lipinski definition) is 0. The number of oxazole rings is 1. The molecule has 1 aliphatic rings. The maximum atomic E-state index is 13.4. The third-order valence-corrected chi connectivity index (χ3v) is 6.22. The zero-order valence-corrected chi connectivity index (χ0v) is 19.4.